The van der Waals surface area contributed by atoms with Crippen molar-refractivity contribution < 1.29 is 24.5 Å². The summed E-state index contributed by atoms with van der Waals surface area (Å²) in [5, 5.41) is 25.5. The van der Waals surface area contributed by atoms with E-state index in [9.17, 15) is 14.7 Å². The predicted octanol–water partition coefficient (Wildman–Crippen LogP) is 2.84. The molecule has 8 nitrogen and oxygen atoms in total. The lowest BCUT2D eigenvalue weighted by Gasteiger charge is -2.20. The lowest BCUT2D eigenvalue weighted by atomic mass is 10.1. The molecular formula is C16H19N3O5. The zero-order valence-electron chi connectivity index (χ0n) is 13.8. The largest absolute Gasteiger partial charge is 0.506 e. The van der Waals surface area contributed by atoms with Gasteiger partial charge in [-0.05, 0) is 45.0 Å². The number of aromatic carboxylic acids is 1. The monoisotopic (exact) mass is 333 g/mol. The first-order chi connectivity index (χ1) is 11.1. The van der Waals surface area contributed by atoms with Crippen LogP contribution in [-0.2, 0) is 11.8 Å². The van der Waals surface area contributed by atoms with Crippen LogP contribution in [0.5, 0.6) is 5.75 Å². The van der Waals surface area contributed by atoms with Gasteiger partial charge in [-0.25, -0.2) is 9.59 Å². The molecule has 0 aliphatic carbocycles. The van der Waals surface area contributed by atoms with E-state index in [1.54, 1.807) is 26.8 Å². The number of ether oxygens (including phenoxy) is 1. The number of hydrogen-bond acceptors (Lipinski definition) is 5. The second-order valence-electron chi connectivity index (χ2n) is 6.20. The number of carbonyl (C=O) groups is 2. The Morgan fingerprint density at radius 3 is 2.46 bits per heavy atom. The second kappa shape index (κ2) is 6.23. The number of carboxylic acids is 1. The van der Waals surface area contributed by atoms with Crippen molar-refractivity contribution in [1.29, 1.82) is 0 Å². The smallest absolute Gasteiger partial charge is 0.412 e. The molecule has 1 aromatic heterocycles. The summed E-state index contributed by atoms with van der Waals surface area (Å²) in [6, 6.07) is 5.86. The Hall–Kier alpha value is -3.03. The number of anilines is 1. The van der Waals surface area contributed by atoms with Crippen LogP contribution in [0.1, 0.15) is 31.3 Å². The van der Waals surface area contributed by atoms with Gasteiger partial charge in [0.1, 0.15) is 17.0 Å². The van der Waals surface area contributed by atoms with E-state index in [0.29, 0.717) is 11.3 Å². The molecule has 0 saturated carbocycles. The van der Waals surface area contributed by atoms with Crippen molar-refractivity contribution in [2.75, 3.05) is 5.32 Å². The van der Waals surface area contributed by atoms with Crippen molar-refractivity contribution in [3.8, 4) is 17.0 Å². The Balaban J connectivity index is 2.30. The second-order valence-corrected chi connectivity index (χ2v) is 6.20. The van der Waals surface area contributed by atoms with Crippen molar-refractivity contribution in [3.05, 3.63) is 30.0 Å². The number of nitrogens with zero attached hydrogens (tertiary/aromatic N) is 2. The first-order valence-electron chi connectivity index (χ1n) is 7.17. The summed E-state index contributed by atoms with van der Waals surface area (Å²) in [7, 11) is 1.52. The van der Waals surface area contributed by atoms with Gasteiger partial charge in [-0.2, -0.15) is 5.10 Å². The van der Waals surface area contributed by atoms with Crippen LogP contribution < -0.4 is 5.32 Å². The number of aryl methyl sites for hydroxylation is 1. The lowest BCUT2D eigenvalue weighted by molar-refractivity contribution is 0.0633. The summed E-state index contributed by atoms with van der Waals surface area (Å²) >= 11 is 0. The zero-order valence-corrected chi connectivity index (χ0v) is 13.8. The van der Waals surface area contributed by atoms with Gasteiger partial charge in [0, 0.05) is 12.6 Å². The minimum Gasteiger partial charge on any atom is -0.506 e. The average Bonchev–Trinajstić information content (AvgIpc) is 2.81. The topological polar surface area (TPSA) is 114 Å². The summed E-state index contributed by atoms with van der Waals surface area (Å²) in [4.78, 5) is 22.9. The number of nitrogens with one attached hydrogen (secondary N) is 1. The summed E-state index contributed by atoms with van der Waals surface area (Å²) < 4.78 is 6.38. The normalized spacial score (nSPS) is 11.2. The van der Waals surface area contributed by atoms with Gasteiger partial charge in [-0.15, -0.1) is 0 Å². The Labute approximate surface area is 138 Å². The van der Waals surface area contributed by atoms with E-state index in [-0.39, 0.29) is 17.1 Å². The fourth-order valence-corrected chi connectivity index (χ4v) is 2.02. The van der Waals surface area contributed by atoms with Crippen LogP contribution in [0.25, 0.3) is 11.3 Å². The Kier molecular flexibility index (Phi) is 4.50. The molecule has 1 amide bonds. The number of carboxylic acid groups (broad SMARTS) is 1. The summed E-state index contributed by atoms with van der Waals surface area (Å²) in [5.41, 5.74) is 0.447. The first-order valence-corrected chi connectivity index (χ1v) is 7.17. The fourth-order valence-electron chi connectivity index (χ4n) is 2.02. The molecule has 0 saturated heterocycles. The molecule has 0 bridgehead atoms. The maximum absolute atomic E-state index is 11.8. The standard InChI is InChI=1S/C16H19N3O5/c1-16(2,3)24-15(23)17-11-7-9(5-6-13(11)20)10-8-12(14(21)22)19(4)18-10/h5-8,20H,1-4H3,(H,17,23)(H,21,22). The van der Waals surface area contributed by atoms with Gasteiger partial charge in [0.25, 0.3) is 0 Å². The van der Waals surface area contributed by atoms with Gasteiger partial charge in [0.15, 0.2) is 0 Å². The van der Waals surface area contributed by atoms with Gasteiger partial charge < -0.3 is 14.9 Å². The van der Waals surface area contributed by atoms with E-state index in [4.69, 9.17) is 9.84 Å². The number of phenols is 1. The number of benzene rings is 1. The van der Waals surface area contributed by atoms with Crippen LogP contribution in [0, 0.1) is 0 Å². The van der Waals surface area contributed by atoms with Crippen molar-refractivity contribution in [1.82, 2.24) is 9.78 Å². The molecule has 0 spiro atoms. The number of carbonyl (C=O) groups excluding carboxylic acids is 1. The molecule has 1 aromatic carbocycles. The maximum Gasteiger partial charge on any atom is 0.412 e. The lowest BCUT2D eigenvalue weighted by Crippen LogP contribution is -2.27. The van der Waals surface area contributed by atoms with E-state index < -0.39 is 17.7 Å². The number of aromatic nitrogens is 2. The van der Waals surface area contributed by atoms with Crippen molar-refractivity contribution in [3.63, 3.8) is 0 Å². The minimum absolute atomic E-state index is 0.0275. The van der Waals surface area contributed by atoms with Gasteiger partial charge in [-0.3, -0.25) is 10.00 Å². The molecule has 8 heteroatoms. The molecule has 0 atom stereocenters. The number of phenolic OH excluding ortho intramolecular Hbond substituents is 1. The van der Waals surface area contributed by atoms with E-state index >= 15 is 0 Å². The average molecular weight is 333 g/mol. The maximum atomic E-state index is 11.8. The number of hydrogen-bond donors (Lipinski definition) is 3. The molecule has 0 radical (unpaired) electrons. The van der Waals surface area contributed by atoms with E-state index in [1.165, 1.54) is 29.9 Å². The van der Waals surface area contributed by atoms with Crippen LogP contribution in [0.4, 0.5) is 10.5 Å². The zero-order chi connectivity index (χ0) is 18.1. The molecule has 0 unspecified atom stereocenters. The predicted molar refractivity (Wildman–Crippen MR) is 87.1 cm³/mol. The molecule has 0 fully saturated rings. The van der Waals surface area contributed by atoms with Crippen molar-refractivity contribution in [2.45, 2.75) is 26.4 Å². The molecule has 1 heterocycles. The molecule has 3 N–H and O–H groups in total. The highest BCUT2D eigenvalue weighted by atomic mass is 16.6. The first kappa shape index (κ1) is 17.3. The van der Waals surface area contributed by atoms with Crippen LogP contribution in [0.3, 0.4) is 0 Å². The van der Waals surface area contributed by atoms with E-state index in [0.717, 1.165) is 0 Å². The number of amides is 1. The SMILES string of the molecule is Cn1nc(-c2ccc(O)c(NC(=O)OC(C)(C)C)c2)cc1C(=O)O. The molecule has 0 aliphatic heterocycles. The van der Waals surface area contributed by atoms with Crippen molar-refractivity contribution in [2.24, 2.45) is 7.05 Å². The molecule has 24 heavy (non-hydrogen) atoms. The third kappa shape index (κ3) is 4.03. The van der Waals surface area contributed by atoms with Crippen molar-refractivity contribution >= 4 is 17.7 Å². The fraction of sp³-hybridized carbons (Fsp3) is 0.312. The van der Waals surface area contributed by atoms with Crippen LogP contribution >= 0.6 is 0 Å². The van der Waals surface area contributed by atoms with Gasteiger partial charge in [0.05, 0.1) is 11.4 Å². The summed E-state index contributed by atoms with van der Waals surface area (Å²) in [6.07, 6.45) is -0.706. The highest BCUT2D eigenvalue weighted by Crippen LogP contribution is 2.30. The van der Waals surface area contributed by atoms with Gasteiger partial charge >= 0.3 is 12.1 Å². The Morgan fingerprint density at radius 1 is 1.25 bits per heavy atom. The third-order valence-electron chi connectivity index (χ3n) is 3.03. The van der Waals surface area contributed by atoms with E-state index in [1.807, 2.05) is 0 Å². The van der Waals surface area contributed by atoms with Crippen LogP contribution in [0.15, 0.2) is 24.3 Å². The van der Waals surface area contributed by atoms with Crippen LogP contribution in [0.2, 0.25) is 0 Å². The quantitative estimate of drug-likeness (QED) is 0.744. The highest BCUT2D eigenvalue weighted by molar-refractivity contribution is 5.89. The number of rotatable bonds is 3. The van der Waals surface area contributed by atoms with Gasteiger partial charge in [0.2, 0.25) is 0 Å². The molecule has 0 aliphatic rings. The molecule has 128 valence electrons. The van der Waals surface area contributed by atoms with E-state index in [2.05, 4.69) is 10.4 Å². The Morgan fingerprint density at radius 2 is 1.92 bits per heavy atom. The third-order valence-corrected chi connectivity index (χ3v) is 3.03. The summed E-state index contributed by atoms with van der Waals surface area (Å²) in [6.45, 7) is 5.18. The minimum atomic E-state index is -1.10. The molecule has 2 aromatic rings. The molecule has 2 rings (SSSR count). The van der Waals surface area contributed by atoms with Gasteiger partial charge in [-0.1, -0.05) is 0 Å². The molecular weight excluding hydrogens is 314 g/mol. The van der Waals surface area contributed by atoms with Crippen LogP contribution in [-0.4, -0.2) is 37.7 Å². The Bertz CT molecular complexity index is 789. The highest BCUT2D eigenvalue weighted by Gasteiger charge is 2.18. The summed E-state index contributed by atoms with van der Waals surface area (Å²) in [5.74, 6) is -1.24. The number of aromatic hydroxyl groups is 1.